The maximum Gasteiger partial charge on any atom is 0.330 e. The summed E-state index contributed by atoms with van der Waals surface area (Å²) in [5.74, 6) is -0.329. The van der Waals surface area contributed by atoms with Gasteiger partial charge in [0.2, 0.25) is 0 Å². The second-order valence-electron chi connectivity index (χ2n) is 7.42. The van der Waals surface area contributed by atoms with Crippen LogP contribution in [-0.2, 0) is 4.79 Å². The summed E-state index contributed by atoms with van der Waals surface area (Å²) in [5, 5.41) is 23.7. The van der Waals surface area contributed by atoms with Crippen molar-refractivity contribution in [1.82, 2.24) is 5.32 Å². The van der Waals surface area contributed by atoms with E-state index in [1.54, 1.807) is 30.3 Å². The zero-order chi connectivity index (χ0) is 20.8. The van der Waals surface area contributed by atoms with Crippen LogP contribution in [0.2, 0.25) is 0 Å². The van der Waals surface area contributed by atoms with Crippen LogP contribution >= 0.6 is 0 Å². The quantitative estimate of drug-likeness (QED) is 0.328. The van der Waals surface area contributed by atoms with Gasteiger partial charge < -0.3 is 26.2 Å². The van der Waals surface area contributed by atoms with Crippen molar-refractivity contribution in [3.05, 3.63) is 59.2 Å². The van der Waals surface area contributed by atoms with Gasteiger partial charge in [-0.15, -0.1) is 0 Å². The predicted octanol–water partition coefficient (Wildman–Crippen LogP) is 3.04. The maximum absolute atomic E-state index is 11.9. The SMILES string of the molecule is Cc1cc(OCCC2CCCN2)cc(C(Nc2ccc(C(=N)N)cc2)C(=O)O)c1. The molecule has 2 atom stereocenters. The number of anilines is 1. The van der Waals surface area contributed by atoms with Crippen molar-refractivity contribution in [3.63, 3.8) is 0 Å². The Bertz CT molecular complexity index is 861. The van der Waals surface area contributed by atoms with E-state index in [0.29, 0.717) is 35.2 Å². The van der Waals surface area contributed by atoms with E-state index in [2.05, 4.69) is 10.6 Å². The van der Waals surface area contributed by atoms with Gasteiger partial charge in [-0.3, -0.25) is 5.41 Å². The molecule has 0 radical (unpaired) electrons. The summed E-state index contributed by atoms with van der Waals surface area (Å²) < 4.78 is 5.91. The first-order chi connectivity index (χ1) is 13.9. The number of hydrogen-bond donors (Lipinski definition) is 5. The highest BCUT2D eigenvalue weighted by Crippen LogP contribution is 2.26. The molecule has 1 heterocycles. The van der Waals surface area contributed by atoms with Crippen LogP contribution in [0.15, 0.2) is 42.5 Å². The lowest BCUT2D eigenvalue weighted by molar-refractivity contribution is -0.138. The summed E-state index contributed by atoms with van der Waals surface area (Å²) in [6, 6.07) is 11.9. The Balaban J connectivity index is 1.71. The van der Waals surface area contributed by atoms with Crippen LogP contribution in [0.3, 0.4) is 0 Å². The number of benzene rings is 2. The molecule has 7 heteroatoms. The molecule has 1 saturated heterocycles. The molecular formula is C22H28N4O3. The average Bonchev–Trinajstić information content (AvgIpc) is 3.19. The Kier molecular flexibility index (Phi) is 6.72. The largest absolute Gasteiger partial charge is 0.494 e. The molecule has 0 bridgehead atoms. The van der Waals surface area contributed by atoms with Gasteiger partial charge in [0.15, 0.2) is 6.04 Å². The summed E-state index contributed by atoms with van der Waals surface area (Å²) in [6.07, 6.45) is 3.32. The van der Waals surface area contributed by atoms with Crippen LogP contribution in [-0.4, -0.2) is 36.1 Å². The Labute approximate surface area is 170 Å². The van der Waals surface area contributed by atoms with Gasteiger partial charge in [-0.1, -0.05) is 6.07 Å². The zero-order valence-electron chi connectivity index (χ0n) is 16.6. The highest BCUT2D eigenvalue weighted by Gasteiger charge is 2.21. The number of carboxylic acids is 1. The van der Waals surface area contributed by atoms with Crippen molar-refractivity contribution in [2.75, 3.05) is 18.5 Å². The molecule has 154 valence electrons. The van der Waals surface area contributed by atoms with E-state index in [-0.39, 0.29) is 5.84 Å². The molecule has 29 heavy (non-hydrogen) atoms. The average molecular weight is 396 g/mol. The van der Waals surface area contributed by atoms with Crippen LogP contribution in [0.5, 0.6) is 5.75 Å². The normalized spacial score (nSPS) is 16.9. The van der Waals surface area contributed by atoms with E-state index in [0.717, 1.165) is 18.5 Å². The van der Waals surface area contributed by atoms with Crippen LogP contribution in [0.1, 0.15) is 42.0 Å². The van der Waals surface area contributed by atoms with Crippen molar-refractivity contribution in [1.29, 1.82) is 5.41 Å². The maximum atomic E-state index is 11.9. The second kappa shape index (κ2) is 9.43. The highest BCUT2D eigenvalue weighted by molar-refractivity contribution is 5.95. The van der Waals surface area contributed by atoms with Crippen LogP contribution in [0.4, 0.5) is 5.69 Å². The first kappa shape index (κ1) is 20.7. The van der Waals surface area contributed by atoms with E-state index in [4.69, 9.17) is 15.9 Å². The fourth-order valence-corrected chi connectivity index (χ4v) is 3.55. The Morgan fingerprint density at radius 1 is 1.34 bits per heavy atom. The summed E-state index contributed by atoms with van der Waals surface area (Å²) in [6.45, 7) is 3.59. The molecule has 2 aromatic carbocycles. The van der Waals surface area contributed by atoms with Gasteiger partial charge in [0.25, 0.3) is 0 Å². The number of amidine groups is 1. The van der Waals surface area contributed by atoms with E-state index in [1.807, 2.05) is 19.1 Å². The third-order valence-corrected chi connectivity index (χ3v) is 5.06. The van der Waals surface area contributed by atoms with Gasteiger partial charge in [-0.05, 0) is 80.3 Å². The number of nitrogens with two attached hydrogens (primary N) is 1. The standard InChI is InChI=1S/C22H28N4O3/c1-14-11-16(13-19(12-14)29-10-8-17-3-2-9-25-17)20(22(27)28)26-18-6-4-15(5-7-18)21(23)24/h4-7,11-13,17,20,25-26H,2-3,8-10H2,1H3,(H3,23,24)(H,27,28). The Morgan fingerprint density at radius 3 is 2.72 bits per heavy atom. The summed E-state index contributed by atoms with van der Waals surface area (Å²) in [5.41, 5.74) is 8.26. The molecule has 0 spiro atoms. The molecule has 1 aliphatic rings. The second-order valence-corrected chi connectivity index (χ2v) is 7.42. The number of aryl methyl sites for hydroxylation is 1. The molecule has 7 nitrogen and oxygen atoms in total. The van der Waals surface area contributed by atoms with Crippen molar-refractivity contribution in [2.45, 2.75) is 38.3 Å². The lowest BCUT2D eigenvalue weighted by atomic mass is 10.0. The zero-order valence-corrected chi connectivity index (χ0v) is 16.6. The lowest BCUT2D eigenvalue weighted by Gasteiger charge is -2.19. The van der Waals surface area contributed by atoms with E-state index >= 15 is 0 Å². The summed E-state index contributed by atoms with van der Waals surface area (Å²) >= 11 is 0. The molecular weight excluding hydrogens is 368 g/mol. The first-order valence-electron chi connectivity index (χ1n) is 9.84. The molecule has 3 rings (SSSR count). The van der Waals surface area contributed by atoms with Gasteiger partial charge >= 0.3 is 5.97 Å². The minimum absolute atomic E-state index is 0.0281. The fourth-order valence-electron chi connectivity index (χ4n) is 3.55. The van der Waals surface area contributed by atoms with Gasteiger partial charge in [-0.2, -0.15) is 0 Å². The predicted molar refractivity (Wildman–Crippen MR) is 114 cm³/mol. The molecule has 1 aliphatic heterocycles. The van der Waals surface area contributed by atoms with E-state index in [1.165, 1.54) is 12.8 Å². The number of carboxylic acid groups (broad SMARTS) is 1. The molecule has 0 saturated carbocycles. The van der Waals surface area contributed by atoms with Crippen molar-refractivity contribution >= 4 is 17.5 Å². The Morgan fingerprint density at radius 2 is 2.10 bits per heavy atom. The third-order valence-electron chi connectivity index (χ3n) is 5.06. The Hall–Kier alpha value is -3.06. The number of carbonyl (C=O) groups is 1. The van der Waals surface area contributed by atoms with E-state index in [9.17, 15) is 9.90 Å². The van der Waals surface area contributed by atoms with E-state index < -0.39 is 12.0 Å². The summed E-state index contributed by atoms with van der Waals surface area (Å²) in [7, 11) is 0. The molecule has 0 amide bonds. The molecule has 6 N–H and O–H groups in total. The third kappa shape index (κ3) is 5.71. The van der Waals surface area contributed by atoms with Crippen molar-refractivity contribution < 1.29 is 14.6 Å². The topological polar surface area (TPSA) is 120 Å². The van der Waals surface area contributed by atoms with Gasteiger partial charge in [-0.25, -0.2) is 4.79 Å². The monoisotopic (exact) mass is 396 g/mol. The molecule has 0 aromatic heterocycles. The number of ether oxygens (including phenoxy) is 1. The van der Waals surface area contributed by atoms with Crippen LogP contribution in [0.25, 0.3) is 0 Å². The molecule has 0 aliphatic carbocycles. The van der Waals surface area contributed by atoms with Crippen LogP contribution < -0.4 is 21.1 Å². The van der Waals surface area contributed by atoms with Crippen molar-refractivity contribution in [2.24, 2.45) is 5.73 Å². The number of hydrogen-bond acceptors (Lipinski definition) is 5. The minimum atomic E-state index is -0.979. The molecule has 1 fully saturated rings. The van der Waals surface area contributed by atoms with Crippen LogP contribution in [0, 0.1) is 12.3 Å². The number of aliphatic carboxylic acids is 1. The first-order valence-corrected chi connectivity index (χ1v) is 9.84. The van der Waals surface area contributed by atoms with Gasteiger partial charge in [0, 0.05) is 17.3 Å². The lowest BCUT2D eigenvalue weighted by Crippen LogP contribution is -2.23. The van der Waals surface area contributed by atoms with Gasteiger partial charge in [0.05, 0.1) is 6.61 Å². The number of nitrogen functional groups attached to an aromatic ring is 1. The smallest absolute Gasteiger partial charge is 0.330 e. The molecule has 2 aromatic rings. The van der Waals surface area contributed by atoms with Gasteiger partial charge in [0.1, 0.15) is 11.6 Å². The minimum Gasteiger partial charge on any atom is -0.494 e. The number of rotatable bonds is 9. The van der Waals surface area contributed by atoms with Crippen molar-refractivity contribution in [3.8, 4) is 5.75 Å². The summed E-state index contributed by atoms with van der Waals surface area (Å²) in [4.78, 5) is 11.9. The fraction of sp³-hybridized carbons (Fsp3) is 0.364. The highest BCUT2D eigenvalue weighted by atomic mass is 16.5. The number of nitrogens with one attached hydrogen (secondary N) is 3. The molecule has 2 unspecified atom stereocenters.